The number of allylic oxidation sites excluding steroid dienone is 2. The quantitative estimate of drug-likeness (QED) is 0.581. The van der Waals surface area contributed by atoms with Gasteiger partial charge >= 0.3 is 0 Å². The number of aliphatic hydroxyl groups is 1. The lowest BCUT2D eigenvalue weighted by molar-refractivity contribution is -0.119. The maximum atomic E-state index is 11.0. The molecule has 0 atom stereocenters. The van der Waals surface area contributed by atoms with E-state index in [-0.39, 0.29) is 5.57 Å². The molecule has 0 saturated heterocycles. The number of carbonyl (C=O) groups excluding carboxylic acids is 2. The number of likely N-dealkylation sites (N-methyl/N-ethyl adjacent to an activating group) is 1. The van der Waals surface area contributed by atoms with E-state index in [0.717, 1.165) is 0 Å². The van der Waals surface area contributed by atoms with Gasteiger partial charge in [-0.2, -0.15) is 0 Å². The van der Waals surface area contributed by atoms with Crippen molar-refractivity contribution < 1.29 is 14.7 Å². The van der Waals surface area contributed by atoms with Crippen molar-refractivity contribution in [1.82, 2.24) is 5.32 Å². The van der Waals surface area contributed by atoms with Crippen molar-refractivity contribution >= 4 is 11.7 Å². The lowest BCUT2D eigenvalue weighted by atomic mass is 10.0. The minimum absolute atomic E-state index is 0.130. The topological polar surface area (TPSA) is 66.4 Å². The molecule has 4 nitrogen and oxygen atoms in total. The molecule has 0 saturated carbocycles. The molecule has 0 radical (unpaired) electrons. The Morgan fingerprint density at radius 2 is 2.33 bits per heavy atom. The SMILES string of the molecule is CNC(=O)C1=C(O)C(=O)C=CC1. The highest BCUT2D eigenvalue weighted by Gasteiger charge is 2.19. The van der Waals surface area contributed by atoms with Crippen LogP contribution in [0.3, 0.4) is 0 Å². The lowest BCUT2D eigenvalue weighted by Gasteiger charge is -2.08. The van der Waals surface area contributed by atoms with Crippen molar-refractivity contribution in [3.8, 4) is 0 Å². The van der Waals surface area contributed by atoms with Crippen molar-refractivity contribution in [2.75, 3.05) is 7.05 Å². The highest BCUT2D eigenvalue weighted by atomic mass is 16.3. The van der Waals surface area contributed by atoms with Gasteiger partial charge in [-0.05, 0) is 6.08 Å². The van der Waals surface area contributed by atoms with Gasteiger partial charge in [0.25, 0.3) is 5.91 Å². The van der Waals surface area contributed by atoms with E-state index >= 15 is 0 Å². The van der Waals surface area contributed by atoms with Gasteiger partial charge in [0.15, 0.2) is 5.76 Å². The zero-order valence-corrected chi connectivity index (χ0v) is 6.63. The molecule has 0 bridgehead atoms. The summed E-state index contributed by atoms with van der Waals surface area (Å²) >= 11 is 0. The zero-order chi connectivity index (χ0) is 9.14. The van der Waals surface area contributed by atoms with Crippen LogP contribution < -0.4 is 5.32 Å². The van der Waals surface area contributed by atoms with Crippen LogP contribution in [0.1, 0.15) is 6.42 Å². The van der Waals surface area contributed by atoms with Crippen molar-refractivity contribution in [2.45, 2.75) is 6.42 Å². The predicted molar refractivity (Wildman–Crippen MR) is 42.5 cm³/mol. The van der Waals surface area contributed by atoms with Crippen LogP contribution in [-0.4, -0.2) is 23.8 Å². The molecule has 64 valence electrons. The number of carbonyl (C=O) groups is 2. The second kappa shape index (κ2) is 3.21. The Kier molecular flexibility index (Phi) is 2.28. The minimum Gasteiger partial charge on any atom is -0.504 e. The molecule has 1 aliphatic rings. The van der Waals surface area contributed by atoms with Gasteiger partial charge in [-0.25, -0.2) is 0 Å². The first-order valence-electron chi connectivity index (χ1n) is 3.52. The largest absolute Gasteiger partial charge is 0.504 e. The minimum atomic E-state index is -0.514. The third kappa shape index (κ3) is 1.37. The fraction of sp³-hybridized carbons (Fsp3) is 0.250. The predicted octanol–water partition coefficient (Wildman–Crippen LogP) is 0.0735. The first-order chi connectivity index (χ1) is 5.66. The molecule has 1 amide bonds. The standard InChI is InChI=1S/C8H9NO3/c1-9-8(12)5-3-2-4-6(10)7(5)11/h2,4,11H,3H2,1H3,(H,9,12). The number of hydrogen-bond acceptors (Lipinski definition) is 3. The monoisotopic (exact) mass is 167 g/mol. The molecule has 1 aliphatic carbocycles. The summed E-state index contributed by atoms with van der Waals surface area (Å²) in [5.41, 5.74) is 0.130. The average Bonchev–Trinajstić information content (AvgIpc) is 2.08. The van der Waals surface area contributed by atoms with Crippen LogP contribution in [0.5, 0.6) is 0 Å². The number of amides is 1. The van der Waals surface area contributed by atoms with Crippen LogP contribution in [0.25, 0.3) is 0 Å². The van der Waals surface area contributed by atoms with E-state index in [1.165, 1.54) is 13.1 Å². The fourth-order valence-electron chi connectivity index (χ4n) is 0.959. The number of rotatable bonds is 1. The van der Waals surface area contributed by atoms with Gasteiger partial charge in [0.2, 0.25) is 5.78 Å². The van der Waals surface area contributed by atoms with E-state index < -0.39 is 17.4 Å². The van der Waals surface area contributed by atoms with Gasteiger partial charge < -0.3 is 10.4 Å². The smallest absolute Gasteiger partial charge is 0.251 e. The van der Waals surface area contributed by atoms with Gasteiger partial charge in [-0.3, -0.25) is 9.59 Å². The molecule has 0 aromatic carbocycles. The molecular weight excluding hydrogens is 158 g/mol. The highest BCUT2D eigenvalue weighted by molar-refractivity contribution is 6.10. The summed E-state index contributed by atoms with van der Waals surface area (Å²) in [7, 11) is 1.45. The number of aliphatic hydroxyl groups excluding tert-OH is 1. The fourth-order valence-corrected chi connectivity index (χ4v) is 0.959. The Morgan fingerprint density at radius 3 is 2.92 bits per heavy atom. The lowest BCUT2D eigenvalue weighted by Crippen LogP contribution is -2.24. The third-order valence-corrected chi connectivity index (χ3v) is 1.61. The molecular formula is C8H9NO3. The summed E-state index contributed by atoms with van der Waals surface area (Å²) in [5.74, 6) is -1.37. The van der Waals surface area contributed by atoms with Crippen LogP contribution in [0, 0.1) is 0 Å². The molecule has 0 unspecified atom stereocenters. The third-order valence-electron chi connectivity index (χ3n) is 1.61. The Hall–Kier alpha value is -1.58. The summed E-state index contributed by atoms with van der Waals surface area (Å²) < 4.78 is 0. The summed E-state index contributed by atoms with van der Waals surface area (Å²) in [6.07, 6.45) is 3.10. The molecule has 0 heterocycles. The molecule has 12 heavy (non-hydrogen) atoms. The Labute approximate surface area is 69.6 Å². The van der Waals surface area contributed by atoms with Crippen LogP contribution in [0.4, 0.5) is 0 Å². The Balaban J connectivity index is 2.96. The average molecular weight is 167 g/mol. The van der Waals surface area contributed by atoms with Crippen LogP contribution >= 0.6 is 0 Å². The van der Waals surface area contributed by atoms with Gasteiger partial charge in [0, 0.05) is 13.5 Å². The van der Waals surface area contributed by atoms with Crippen LogP contribution in [0.2, 0.25) is 0 Å². The zero-order valence-electron chi connectivity index (χ0n) is 6.63. The number of ketones is 1. The molecule has 2 N–H and O–H groups in total. The Morgan fingerprint density at radius 1 is 1.67 bits per heavy atom. The van der Waals surface area contributed by atoms with E-state index in [1.54, 1.807) is 6.08 Å². The van der Waals surface area contributed by atoms with E-state index in [2.05, 4.69) is 5.32 Å². The molecule has 0 aliphatic heterocycles. The molecule has 1 rings (SSSR count). The van der Waals surface area contributed by atoms with Crippen molar-refractivity contribution in [3.05, 3.63) is 23.5 Å². The summed E-state index contributed by atoms with van der Waals surface area (Å²) in [6.45, 7) is 0. The van der Waals surface area contributed by atoms with Gasteiger partial charge in [-0.1, -0.05) is 6.08 Å². The van der Waals surface area contributed by atoms with Gasteiger partial charge in [0.05, 0.1) is 5.57 Å². The van der Waals surface area contributed by atoms with E-state index in [0.29, 0.717) is 6.42 Å². The Bertz CT molecular complexity index is 289. The molecule has 4 heteroatoms. The second-order valence-electron chi connectivity index (χ2n) is 2.38. The molecule has 0 spiro atoms. The maximum Gasteiger partial charge on any atom is 0.251 e. The van der Waals surface area contributed by atoms with Crippen LogP contribution in [-0.2, 0) is 9.59 Å². The van der Waals surface area contributed by atoms with Crippen molar-refractivity contribution in [3.63, 3.8) is 0 Å². The summed E-state index contributed by atoms with van der Waals surface area (Å²) in [6, 6.07) is 0. The van der Waals surface area contributed by atoms with Crippen molar-refractivity contribution in [2.24, 2.45) is 0 Å². The first kappa shape index (κ1) is 8.52. The van der Waals surface area contributed by atoms with Crippen LogP contribution in [0.15, 0.2) is 23.5 Å². The molecule has 0 aromatic heterocycles. The number of hydrogen-bond donors (Lipinski definition) is 2. The first-order valence-corrected chi connectivity index (χ1v) is 3.52. The summed E-state index contributed by atoms with van der Waals surface area (Å²) in [4.78, 5) is 21.9. The van der Waals surface area contributed by atoms with E-state index in [1.807, 2.05) is 0 Å². The molecule has 0 aromatic rings. The van der Waals surface area contributed by atoms with Gasteiger partial charge in [0.1, 0.15) is 0 Å². The summed E-state index contributed by atoms with van der Waals surface area (Å²) in [5, 5.41) is 11.5. The normalized spacial score (nSPS) is 16.6. The highest BCUT2D eigenvalue weighted by Crippen LogP contribution is 2.14. The maximum absolute atomic E-state index is 11.0. The molecule has 0 fully saturated rings. The van der Waals surface area contributed by atoms with E-state index in [9.17, 15) is 9.59 Å². The van der Waals surface area contributed by atoms with E-state index in [4.69, 9.17) is 5.11 Å². The van der Waals surface area contributed by atoms with Gasteiger partial charge in [-0.15, -0.1) is 0 Å². The second-order valence-corrected chi connectivity index (χ2v) is 2.38. The number of nitrogens with one attached hydrogen (secondary N) is 1. The van der Waals surface area contributed by atoms with Crippen molar-refractivity contribution in [1.29, 1.82) is 0 Å².